The number of aromatic nitrogens is 2. The molecule has 5 nitrogen and oxygen atoms in total. The standard InChI is InChI=1S/C21H21FN4OS/c22-17-1-3-19(4-2-17)26(21(27)16-7-11-24-12-8-16)13-18-14-28-20(25-18)15-5-9-23-10-6-15/h1-4,7-8,11-12,14-15,23H,5-6,9-10,13H2. The summed E-state index contributed by atoms with van der Waals surface area (Å²) in [5.74, 6) is -0.0116. The van der Waals surface area contributed by atoms with E-state index in [2.05, 4.69) is 10.3 Å². The van der Waals surface area contributed by atoms with E-state index in [9.17, 15) is 9.18 Å². The van der Waals surface area contributed by atoms with Crippen molar-refractivity contribution >= 4 is 22.9 Å². The van der Waals surface area contributed by atoms with Gasteiger partial charge in [0.25, 0.3) is 5.91 Å². The van der Waals surface area contributed by atoms with E-state index in [1.807, 2.05) is 5.38 Å². The minimum atomic E-state index is -0.332. The van der Waals surface area contributed by atoms with Crippen LogP contribution in [0.3, 0.4) is 0 Å². The summed E-state index contributed by atoms with van der Waals surface area (Å²) in [5, 5.41) is 6.52. The molecule has 3 aromatic rings. The van der Waals surface area contributed by atoms with E-state index in [1.165, 1.54) is 12.1 Å². The van der Waals surface area contributed by atoms with Crippen LogP contribution in [0.1, 0.15) is 39.8 Å². The van der Waals surface area contributed by atoms with Gasteiger partial charge in [0, 0.05) is 34.9 Å². The van der Waals surface area contributed by atoms with Crippen molar-refractivity contribution in [2.75, 3.05) is 18.0 Å². The van der Waals surface area contributed by atoms with E-state index in [1.54, 1.807) is 52.9 Å². The predicted octanol–water partition coefficient (Wildman–Crippen LogP) is 3.99. The van der Waals surface area contributed by atoms with Gasteiger partial charge in [0.15, 0.2) is 0 Å². The van der Waals surface area contributed by atoms with Crippen LogP contribution in [-0.2, 0) is 6.54 Å². The van der Waals surface area contributed by atoms with Gasteiger partial charge >= 0.3 is 0 Å². The molecule has 2 aromatic heterocycles. The van der Waals surface area contributed by atoms with Crippen LogP contribution in [0, 0.1) is 5.82 Å². The topological polar surface area (TPSA) is 58.1 Å². The fraction of sp³-hybridized carbons (Fsp3) is 0.286. The second-order valence-corrected chi connectivity index (χ2v) is 7.69. The highest BCUT2D eigenvalue weighted by Crippen LogP contribution is 2.29. The number of nitrogens with zero attached hydrogens (tertiary/aromatic N) is 3. The summed E-state index contributed by atoms with van der Waals surface area (Å²) in [6.07, 6.45) is 5.36. The SMILES string of the molecule is O=C(c1ccncc1)N(Cc1csc(C2CCNCC2)n1)c1ccc(F)cc1. The molecule has 7 heteroatoms. The number of pyridine rings is 1. The van der Waals surface area contributed by atoms with Crippen LogP contribution in [0.4, 0.5) is 10.1 Å². The van der Waals surface area contributed by atoms with Crippen LogP contribution in [-0.4, -0.2) is 29.0 Å². The van der Waals surface area contributed by atoms with Crippen LogP contribution in [0.2, 0.25) is 0 Å². The average Bonchev–Trinajstić information content (AvgIpc) is 3.22. The number of anilines is 1. The second-order valence-electron chi connectivity index (χ2n) is 6.80. The monoisotopic (exact) mass is 396 g/mol. The highest BCUT2D eigenvalue weighted by Gasteiger charge is 2.22. The number of nitrogens with one attached hydrogen (secondary N) is 1. The molecular formula is C21H21FN4OS. The Labute approximate surface area is 167 Å². The van der Waals surface area contributed by atoms with Crippen LogP contribution < -0.4 is 10.2 Å². The van der Waals surface area contributed by atoms with Gasteiger partial charge in [-0.15, -0.1) is 11.3 Å². The lowest BCUT2D eigenvalue weighted by molar-refractivity contribution is 0.0984. The molecule has 1 fully saturated rings. The number of carbonyl (C=O) groups excluding carboxylic acids is 1. The summed E-state index contributed by atoms with van der Waals surface area (Å²) < 4.78 is 13.4. The van der Waals surface area contributed by atoms with Crippen molar-refractivity contribution in [3.8, 4) is 0 Å². The highest BCUT2D eigenvalue weighted by molar-refractivity contribution is 7.09. The molecule has 0 spiro atoms. The molecule has 1 aliphatic heterocycles. The molecule has 1 aromatic carbocycles. The van der Waals surface area contributed by atoms with Gasteiger partial charge in [0.1, 0.15) is 5.82 Å². The van der Waals surface area contributed by atoms with Crippen LogP contribution in [0.15, 0.2) is 54.2 Å². The maximum absolute atomic E-state index is 13.4. The number of rotatable bonds is 5. The first-order chi connectivity index (χ1) is 13.7. The van der Waals surface area contributed by atoms with Gasteiger partial charge in [-0.2, -0.15) is 0 Å². The first-order valence-corrected chi connectivity index (χ1v) is 10.2. The summed E-state index contributed by atoms with van der Waals surface area (Å²) in [6, 6.07) is 9.33. The number of thiazole rings is 1. The maximum atomic E-state index is 13.4. The zero-order chi connectivity index (χ0) is 19.3. The third kappa shape index (κ3) is 4.26. The first kappa shape index (κ1) is 18.7. The molecule has 1 amide bonds. The number of amides is 1. The fourth-order valence-corrected chi connectivity index (χ4v) is 4.35. The van der Waals surface area contributed by atoms with Crippen LogP contribution in [0.25, 0.3) is 0 Å². The Morgan fingerprint density at radius 1 is 1.14 bits per heavy atom. The molecule has 28 heavy (non-hydrogen) atoms. The van der Waals surface area contributed by atoms with Gasteiger partial charge in [-0.25, -0.2) is 9.37 Å². The van der Waals surface area contributed by atoms with Crippen LogP contribution in [0.5, 0.6) is 0 Å². The smallest absolute Gasteiger partial charge is 0.258 e. The van der Waals surface area contributed by atoms with Gasteiger partial charge in [0.05, 0.1) is 17.2 Å². The molecule has 0 atom stereocenters. The van der Waals surface area contributed by atoms with E-state index in [0.29, 0.717) is 23.7 Å². The van der Waals surface area contributed by atoms with Crippen molar-refractivity contribution in [1.82, 2.24) is 15.3 Å². The molecule has 1 aliphatic rings. The minimum absolute atomic E-state index is 0.162. The van der Waals surface area contributed by atoms with E-state index in [0.717, 1.165) is 36.6 Å². The quantitative estimate of drug-likeness (QED) is 0.708. The highest BCUT2D eigenvalue weighted by atomic mass is 32.1. The molecule has 1 N–H and O–H groups in total. The number of carbonyl (C=O) groups is 1. The summed E-state index contributed by atoms with van der Waals surface area (Å²) >= 11 is 1.66. The summed E-state index contributed by atoms with van der Waals surface area (Å²) in [6.45, 7) is 2.37. The van der Waals surface area contributed by atoms with Crippen molar-refractivity contribution in [2.24, 2.45) is 0 Å². The van der Waals surface area contributed by atoms with Gasteiger partial charge in [-0.3, -0.25) is 9.78 Å². The van der Waals surface area contributed by atoms with E-state index >= 15 is 0 Å². The van der Waals surface area contributed by atoms with E-state index in [-0.39, 0.29) is 11.7 Å². The summed E-state index contributed by atoms with van der Waals surface area (Å²) in [5.41, 5.74) is 2.03. The number of piperidine rings is 1. The van der Waals surface area contributed by atoms with Crippen molar-refractivity contribution < 1.29 is 9.18 Å². The lowest BCUT2D eigenvalue weighted by atomic mass is 9.99. The third-order valence-electron chi connectivity index (χ3n) is 4.89. The van der Waals surface area contributed by atoms with Gasteiger partial charge < -0.3 is 10.2 Å². The van der Waals surface area contributed by atoms with Crippen molar-refractivity contribution in [2.45, 2.75) is 25.3 Å². The maximum Gasteiger partial charge on any atom is 0.258 e. The Hall–Kier alpha value is -2.64. The summed E-state index contributed by atoms with van der Waals surface area (Å²) in [7, 11) is 0. The Balaban J connectivity index is 1.59. The fourth-order valence-electron chi connectivity index (χ4n) is 3.37. The number of benzene rings is 1. The minimum Gasteiger partial charge on any atom is -0.317 e. The lowest BCUT2D eigenvalue weighted by Gasteiger charge is -2.22. The number of halogens is 1. The Kier molecular flexibility index (Phi) is 5.73. The zero-order valence-corrected chi connectivity index (χ0v) is 16.2. The molecule has 0 radical (unpaired) electrons. The molecule has 144 valence electrons. The lowest BCUT2D eigenvalue weighted by Crippen LogP contribution is -2.30. The van der Waals surface area contributed by atoms with Gasteiger partial charge in [0.2, 0.25) is 0 Å². The number of hydrogen-bond acceptors (Lipinski definition) is 5. The summed E-state index contributed by atoms with van der Waals surface area (Å²) in [4.78, 5) is 23.5. The predicted molar refractivity (Wildman–Crippen MR) is 108 cm³/mol. The van der Waals surface area contributed by atoms with Gasteiger partial charge in [-0.1, -0.05) is 0 Å². The number of hydrogen-bond donors (Lipinski definition) is 1. The molecule has 0 aliphatic carbocycles. The Bertz CT molecular complexity index is 923. The van der Waals surface area contributed by atoms with Crippen LogP contribution >= 0.6 is 11.3 Å². The molecule has 1 saturated heterocycles. The van der Waals surface area contributed by atoms with E-state index < -0.39 is 0 Å². The molecule has 3 heterocycles. The second kappa shape index (κ2) is 8.58. The zero-order valence-electron chi connectivity index (χ0n) is 15.3. The molecule has 0 saturated carbocycles. The van der Waals surface area contributed by atoms with Crippen molar-refractivity contribution in [3.05, 3.63) is 76.3 Å². The molecule has 0 bridgehead atoms. The Morgan fingerprint density at radius 3 is 2.57 bits per heavy atom. The molecule has 4 rings (SSSR count). The van der Waals surface area contributed by atoms with Crippen molar-refractivity contribution in [3.63, 3.8) is 0 Å². The normalized spacial score (nSPS) is 14.8. The van der Waals surface area contributed by atoms with Gasteiger partial charge in [-0.05, 0) is 62.3 Å². The average molecular weight is 396 g/mol. The first-order valence-electron chi connectivity index (χ1n) is 9.33. The molecule has 0 unspecified atom stereocenters. The van der Waals surface area contributed by atoms with Crippen molar-refractivity contribution in [1.29, 1.82) is 0 Å². The molecular weight excluding hydrogens is 375 g/mol. The Morgan fingerprint density at radius 2 is 1.86 bits per heavy atom. The largest absolute Gasteiger partial charge is 0.317 e. The van der Waals surface area contributed by atoms with E-state index in [4.69, 9.17) is 4.98 Å². The third-order valence-corrected chi connectivity index (χ3v) is 5.94.